The van der Waals surface area contributed by atoms with Crippen molar-refractivity contribution in [3.05, 3.63) is 0 Å². The Morgan fingerprint density at radius 1 is 0.812 bits per heavy atom. The van der Waals surface area contributed by atoms with Gasteiger partial charge in [-0.2, -0.15) is 0 Å². The van der Waals surface area contributed by atoms with Crippen molar-refractivity contribution >= 4 is 38.5 Å². The molecule has 16 heavy (non-hydrogen) atoms. The van der Waals surface area contributed by atoms with Crippen molar-refractivity contribution < 1.29 is 18.9 Å². The highest BCUT2D eigenvalue weighted by Gasteiger charge is 1.83. The Balaban J connectivity index is 0. The molecular weight excluding hydrogens is 391 g/mol. The SMILES string of the molecule is COCCOCCBr.COCCOCCI. The molecule has 0 aromatic heterocycles. The van der Waals surface area contributed by atoms with Gasteiger partial charge in [-0.15, -0.1) is 0 Å². The van der Waals surface area contributed by atoms with Gasteiger partial charge in [-0.05, 0) is 0 Å². The molecule has 0 atom stereocenters. The zero-order valence-electron chi connectivity index (χ0n) is 10.0. The van der Waals surface area contributed by atoms with Crippen LogP contribution in [-0.4, -0.2) is 63.6 Å². The molecule has 0 radical (unpaired) electrons. The molecule has 0 aromatic carbocycles. The van der Waals surface area contributed by atoms with Crippen molar-refractivity contribution in [3.63, 3.8) is 0 Å². The van der Waals surface area contributed by atoms with Crippen LogP contribution in [-0.2, 0) is 18.9 Å². The van der Waals surface area contributed by atoms with Gasteiger partial charge in [0.05, 0.1) is 39.6 Å². The van der Waals surface area contributed by atoms with Gasteiger partial charge in [-0.25, -0.2) is 0 Å². The molecule has 0 bridgehead atoms. The second kappa shape index (κ2) is 21.3. The first-order valence-electron chi connectivity index (χ1n) is 5.08. The van der Waals surface area contributed by atoms with E-state index in [1.54, 1.807) is 14.2 Å². The van der Waals surface area contributed by atoms with E-state index in [1.165, 1.54) is 0 Å². The monoisotopic (exact) mass is 412 g/mol. The Bertz CT molecular complexity index is 84.8. The van der Waals surface area contributed by atoms with Crippen LogP contribution in [0.3, 0.4) is 0 Å². The average molecular weight is 413 g/mol. The van der Waals surface area contributed by atoms with Crippen LogP contribution >= 0.6 is 38.5 Å². The number of hydrogen-bond donors (Lipinski definition) is 0. The fraction of sp³-hybridized carbons (Fsp3) is 1.00. The molecule has 6 heteroatoms. The summed E-state index contributed by atoms with van der Waals surface area (Å²) >= 11 is 5.51. The zero-order valence-corrected chi connectivity index (χ0v) is 13.8. The van der Waals surface area contributed by atoms with Crippen LogP contribution in [0.15, 0.2) is 0 Å². The molecule has 0 spiro atoms. The van der Waals surface area contributed by atoms with E-state index in [1.807, 2.05) is 0 Å². The molecule has 0 rings (SSSR count). The van der Waals surface area contributed by atoms with Crippen molar-refractivity contribution in [3.8, 4) is 0 Å². The highest BCUT2D eigenvalue weighted by molar-refractivity contribution is 14.1. The summed E-state index contributed by atoms with van der Waals surface area (Å²) in [5.41, 5.74) is 0. The van der Waals surface area contributed by atoms with E-state index in [0.29, 0.717) is 19.8 Å². The Morgan fingerprint density at radius 2 is 1.31 bits per heavy atom. The van der Waals surface area contributed by atoms with Gasteiger partial charge in [0.2, 0.25) is 0 Å². The molecule has 0 aliphatic heterocycles. The number of alkyl halides is 2. The lowest BCUT2D eigenvalue weighted by Gasteiger charge is -1.98. The van der Waals surface area contributed by atoms with Crippen LogP contribution in [0, 0.1) is 0 Å². The van der Waals surface area contributed by atoms with Crippen LogP contribution in [0.5, 0.6) is 0 Å². The number of methoxy groups -OCH3 is 2. The van der Waals surface area contributed by atoms with Crippen molar-refractivity contribution in [2.45, 2.75) is 0 Å². The van der Waals surface area contributed by atoms with E-state index >= 15 is 0 Å². The summed E-state index contributed by atoms with van der Waals surface area (Å²) in [5.74, 6) is 0. The lowest BCUT2D eigenvalue weighted by atomic mass is 10.7. The molecule has 0 saturated carbocycles. The summed E-state index contributed by atoms with van der Waals surface area (Å²) in [6.07, 6.45) is 0. The minimum absolute atomic E-state index is 0.688. The normalized spacial score (nSPS) is 9.75. The third-order valence-corrected chi connectivity index (χ3v) is 2.07. The predicted molar refractivity (Wildman–Crippen MR) is 78.1 cm³/mol. The van der Waals surface area contributed by atoms with Gasteiger partial charge in [0.25, 0.3) is 0 Å². The predicted octanol–water partition coefficient (Wildman–Crippen LogP) is 2.13. The summed E-state index contributed by atoms with van der Waals surface area (Å²) in [6, 6.07) is 0. The van der Waals surface area contributed by atoms with Crippen LogP contribution < -0.4 is 0 Å². The third kappa shape index (κ3) is 24.3. The van der Waals surface area contributed by atoms with Crippen LogP contribution in [0.25, 0.3) is 0 Å². The van der Waals surface area contributed by atoms with E-state index < -0.39 is 0 Å². The van der Waals surface area contributed by atoms with E-state index in [0.717, 1.165) is 29.6 Å². The zero-order chi connectivity index (χ0) is 12.5. The minimum atomic E-state index is 0.688. The fourth-order valence-corrected chi connectivity index (χ4v) is 1.14. The number of rotatable bonds is 10. The largest absolute Gasteiger partial charge is 0.382 e. The number of hydrogen-bond acceptors (Lipinski definition) is 4. The molecule has 4 nitrogen and oxygen atoms in total. The lowest BCUT2D eigenvalue weighted by molar-refractivity contribution is 0.0793. The van der Waals surface area contributed by atoms with Gasteiger partial charge in [0.15, 0.2) is 0 Å². The van der Waals surface area contributed by atoms with Crippen LogP contribution in [0.4, 0.5) is 0 Å². The summed E-state index contributed by atoms with van der Waals surface area (Å²) in [6.45, 7) is 4.42. The minimum Gasteiger partial charge on any atom is -0.382 e. The molecule has 0 aliphatic rings. The average Bonchev–Trinajstić information content (AvgIpc) is 2.31. The highest BCUT2D eigenvalue weighted by atomic mass is 127. The first kappa shape index (κ1) is 19.4. The second-order valence-electron chi connectivity index (χ2n) is 2.59. The topological polar surface area (TPSA) is 36.9 Å². The van der Waals surface area contributed by atoms with E-state index in [4.69, 9.17) is 18.9 Å². The molecular formula is C10H22BrIO4. The molecule has 0 aromatic rings. The Morgan fingerprint density at radius 3 is 1.69 bits per heavy atom. The molecule has 0 heterocycles. The maximum absolute atomic E-state index is 5.09. The molecule has 100 valence electrons. The van der Waals surface area contributed by atoms with Crippen molar-refractivity contribution in [1.82, 2.24) is 0 Å². The van der Waals surface area contributed by atoms with E-state index in [9.17, 15) is 0 Å². The van der Waals surface area contributed by atoms with Gasteiger partial charge in [0, 0.05) is 24.0 Å². The first-order valence-corrected chi connectivity index (χ1v) is 7.73. The molecule has 0 unspecified atom stereocenters. The van der Waals surface area contributed by atoms with Gasteiger partial charge >= 0.3 is 0 Å². The standard InChI is InChI=1S/C5H11BrO2.C5H11IO2/c2*1-7-4-5-8-3-2-6/h2*2-5H2,1H3. The Kier molecular flexibility index (Phi) is 25.9. The summed E-state index contributed by atoms with van der Waals surface area (Å²) in [4.78, 5) is 0. The third-order valence-electron chi connectivity index (χ3n) is 1.31. The smallest absolute Gasteiger partial charge is 0.0700 e. The molecule has 0 N–H and O–H groups in total. The van der Waals surface area contributed by atoms with Gasteiger partial charge in [0.1, 0.15) is 0 Å². The Labute approximate surface area is 121 Å². The maximum Gasteiger partial charge on any atom is 0.0700 e. The van der Waals surface area contributed by atoms with E-state index in [2.05, 4.69) is 38.5 Å². The molecule has 0 saturated heterocycles. The number of halogens is 2. The second-order valence-corrected chi connectivity index (χ2v) is 4.46. The van der Waals surface area contributed by atoms with Gasteiger partial charge in [-0.3, -0.25) is 0 Å². The highest BCUT2D eigenvalue weighted by Crippen LogP contribution is 1.82. The summed E-state index contributed by atoms with van der Waals surface area (Å²) in [5, 5.41) is 0.900. The van der Waals surface area contributed by atoms with Crippen molar-refractivity contribution in [2.24, 2.45) is 0 Å². The van der Waals surface area contributed by atoms with Crippen LogP contribution in [0.2, 0.25) is 0 Å². The summed E-state index contributed by atoms with van der Waals surface area (Å²) < 4.78 is 20.7. The molecule has 0 amide bonds. The summed E-state index contributed by atoms with van der Waals surface area (Å²) in [7, 11) is 3.34. The molecule has 0 fully saturated rings. The van der Waals surface area contributed by atoms with Crippen LogP contribution in [0.1, 0.15) is 0 Å². The first-order chi connectivity index (χ1) is 7.83. The van der Waals surface area contributed by atoms with Gasteiger partial charge < -0.3 is 18.9 Å². The van der Waals surface area contributed by atoms with Crippen molar-refractivity contribution in [1.29, 1.82) is 0 Å². The quantitative estimate of drug-likeness (QED) is 0.313. The fourth-order valence-electron chi connectivity index (χ4n) is 0.598. The van der Waals surface area contributed by atoms with Crippen molar-refractivity contribution in [2.75, 3.05) is 63.6 Å². The maximum atomic E-state index is 5.09. The molecule has 0 aliphatic carbocycles. The number of ether oxygens (including phenoxy) is 4. The lowest BCUT2D eigenvalue weighted by Crippen LogP contribution is -2.02. The Hall–Kier alpha value is 1.05. The van der Waals surface area contributed by atoms with E-state index in [-0.39, 0.29) is 0 Å². The van der Waals surface area contributed by atoms with Gasteiger partial charge in [-0.1, -0.05) is 38.5 Å².